The lowest BCUT2D eigenvalue weighted by Crippen LogP contribution is -2.46. The Labute approximate surface area is 165 Å². The number of amides is 2. The van der Waals surface area contributed by atoms with Crippen LogP contribution in [0.4, 0.5) is 4.79 Å². The Morgan fingerprint density at radius 2 is 2.04 bits per heavy atom. The van der Waals surface area contributed by atoms with E-state index in [1.807, 2.05) is 11.0 Å². The zero-order chi connectivity index (χ0) is 19.7. The van der Waals surface area contributed by atoms with Crippen LogP contribution in [0, 0.1) is 6.92 Å². The van der Waals surface area contributed by atoms with Crippen LogP contribution in [0.25, 0.3) is 10.9 Å². The highest BCUT2D eigenvalue weighted by molar-refractivity contribution is 5.87. The van der Waals surface area contributed by atoms with Crippen LogP contribution in [0.15, 0.2) is 42.5 Å². The Morgan fingerprint density at radius 3 is 2.75 bits per heavy atom. The van der Waals surface area contributed by atoms with Gasteiger partial charge < -0.3 is 19.9 Å². The maximum atomic E-state index is 12.9. The Bertz CT molecular complexity index is 991. The summed E-state index contributed by atoms with van der Waals surface area (Å²) in [6, 6.07) is 14.5. The van der Waals surface area contributed by atoms with Crippen molar-refractivity contribution in [3.8, 4) is 5.75 Å². The monoisotopic (exact) mass is 377 g/mol. The summed E-state index contributed by atoms with van der Waals surface area (Å²) in [5.74, 6) is 0.851. The Hall–Kier alpha value is -2.95. The third-order valence-corrected chi connectivity index (χ3v) is 5.51. The number of aryl methyl sites for hydroxylation is 1. The van der Waals surface area contributed by atoms with Crippen molar-refractivity contribution in [2.75, 3.05) is 20.2 Å². The first-order chi connectivity index (χ1) is 13.6. The third kappa shape index (κ3) is 3.21. The van der Waals surface area contributed by atoms with Crippen LogP contribution in [-0.2, 0) is 6.42 Å². The van der Waals surface area contributed by atoms with Gasteiger partial charge in [-0.15, -0.1) is 0 Å². The highest BCUT2D eigenvalue weighted by Crippen LogP contribution is 2.39. The number of rotatable bonds is 4. The molecule has 0 spiro atoms. The highest BCUT2D eigenvalue weighted by atomic mass is 16.5. The molecule has 0 radical (unpaired) electrons. The molecule has 2 aromatic carbocycles. The fourth-order valence-corrected chi connectivity index (χ4v) is 4.04. The summed E-state index contributed by atoms with van der Waals surface area (Å²) in [5.41, 5.74) is 5.79. The van der Waals surface area contributed by atoms with Crippen molar-refractivity contribution in [3.63, 3.8) is 0 Å². The average molecular weight is 377 g/mol. The zero-order valence-corrected chi connectivity index (χ0v) is 16.7. The minimum Gasteiger partial charge on any atom is -0.497 e. The molecule has 0 saturated heterocycles. The molecule has 4 rings (SSSR count). The Morgan fingerprint density at radius 1 is 1.25 bits per heavy atom. The van der Waals surface area contributed by atoms with Gasteiger partial charge in [0.25, 0.3) is 0 Å². The van der Waals surface area contributed by atoms with Crippen molar-refractivity contribution in [1.82, 2.24) is 15.2 Å². The number of benzene rings is 2. The Kier molecular flexibility index (Phi) is 4.99. The maximum absolute atomic E-state index is 12.9. The molecular weight excluding hydrogens is 350 g/mol. The fraction of sp³-hybridized carbons (Fsp3) is 0.348. The molecule has 5 heteroatoms. The van der Waals surface area contributed by atoms with Crippen LogP contribution in [-0.4, -0.2) is 36.1 Å². The van der Waals surface area contributed by atoms with Crippen LogP contribution in [0.3, 0.4) is 0 Å². The van der Waals surface area contributed by atoms with Crippen molar-refractivity contribution >= 4 is 16.9 Å². The number of hydrogen-bond donors (Lipinski definition) is 2. The van der Waals surface area contributed by atoms with E-state index < -0.39 is 0 Å². The van der Waals surface area contributed by atoms with Gasteiger partial charge in [-0.2, -0.15) is 0 Å². The van der Waals surface area contributed by atoms with Gasteiger partial charge in [0.05, 0.1) is 13.2 Å². The van der Waals surface area contributed by atoms with Gasteiger partial charge in [-0.1, -0.05) is 36.8 Å². The summed E-state index contributed by atoms with van der Waals surface area (Å²) >= 11 is 0. The molecule has 1 aromatic heterocycles. The molecule has 3 aromatic rings. The van der Waals surface area contributed by atoms with E-state index in [0.29, 0.717) is 13.1 Å². The number of carbonyl (C=O) groups excluding carboxylic acids is 1. The molecule has 1 atom stereocenters. The molecule has 2 heterocycles. The van der Waals surface area contributed by atoms with Crippen molar-refractivity contribution in [2.45, 2.75) is 32.7 Å². The number of aromatic nitrogens is 1. The molecule has 2 N–H and O–H groups in total. The third-order valence-electron chi connectivity index (χ3n) is 5.51. The van der Waals surface area contributed by atoms with E-state index in [0.717, 1.165) is 35.4 Å². The summed E-state index contributed by atoms with van der Waals surface area (Å²) < 4.78 is 5.42. The number of methoxy groups -OCH3 is 1. The number of fused-ring (bicyclic) bond motifs is 3. The standard InChI is InChI=1S/C23H27N3O2/c1-4-12-24-23(27)26-13-11-18-19-14-17(28-3)9-10-20(19)25-21(18)22(26)16-7-5-15(2)6-8-16/h5-10,14,22,25H,4,11-13H2,1-3H3,(H,24,27). The highest BCUT2D eigenvalue weighted by Gasteiger charge is 2.34. The van der Waals surface area contributed by atoms with Gasteiger partial charge >= 0.3 is 6.03 Å². The van der Waals surface area contributed by atoms with E-state index >= 15 is 0 Å². The van der Waals surface area contributed by atoms with E-state index in [1.54, 1.807) is 7.11 Å². The second-order valence-corrected chi connectivity index (χ2v) is 7.42. The fourth-order valence-electron chi connectivity index (χ4n) is 4.04. The number of H-pyrrole nitrogens is 1. The van der Waals surface area contributed by atoms with Gasteiger partial charge in [-0.05, 0) is 49.1 Å². The molecule has 0 aliphatic carbocycles. The van der Waals surface area contributed by atoms with E-state index in [-0.39, 0.29) is 12.1 Å². The van der Waals surface area contributed by atoms with Crippen molar-refractivity contribution in [2.24, 2.45) is 0 Å². The lowest BCUT2D eigenvalue weighted by Gasteiger charge is -2.36. The number of urea groups is 1. The van der Waals surface area contributed by atoms with Gasteiger partial charge in [-0.25, -0.2) is 4.79 Å². The largest absolute Gasteiger partial charge is 0.497 e. The molecule has 146 valence electrons. The van der Waals surface area contributed by atoms with Crippen molar-refractivity contribution in [1.29, 1.82) is 0 Å². The molecule has 28 heavy (non-hydrogen) atoms. The molecule has 0 saturated carbocycles. The van der Waals surface area contributed by atoms with Gasteiger partial charge in [-0.3, -0.25) is 0 Å². The first-order valence-corrected chi connectivity index (χ1v) is 9.92. The van der Waals surface area contributed by atoms with Crippen LogP contribution in [0.2, 0.25) is 0 Å². The first kappa shape index (κ1) is 18.4. The van der Waals surface area contributed by atoms with Crippen molar-refractivity contribution in [3.05, 3.63) is 64.8 Å². The SMILES string of the molecule is CCCNC(=O)N1CCc2c([nH]c3ccc(OC)cc23)C1c1ccc(C)cc1. The van der Waals surface area contributed by atoms with Crippen LogP contribution in [0.5, 0.6) is 5.75 Å². The number of ether oxygens (including phenoxy) is 1. The summed E-state index contributed by atoms with van der Waals surface area (Å²) in [6.45, 7) is 5.52. The lowest BCUT2D eigenvalue weighted by molar-refractivity contribution is 0.179. The number of aromatic amines is 1. The topological polar surface area (TPSA) is 57.4 Å². The molecular formula is C23H27N3O2. The van der Waals surface area contributed by atoms with Crippen LogP contribution in [0.1, 0.15) is 41.8 Å². The summed E-state index contributed by atoms with van der Waals surface area (Å²) in [7, 11) is 1.69. The summed E-state index contributed by atoms with van der Waals surface area (Å²) in [4.78, 5) is 18.5. The molecule has 2 amide bonds. The second-order valence-electron chi connectivity index (χ2n) is 7.42. The normalized spacial score (nSPS) is 16.1. The van der Waals surface area contributed by atoms with Gasteiger partial charge in [0, 0.05) is 29.7 Å². The van der Waals surface area contributed by atoms with Crippen LogP contribution >= 0.6 is 0 Å². The summed E-state index contributed by atoms with van der Waals surface area (Å²) in [5, 5.41) is 4.23. The number of carbonyl (C=O) groups is 1. The Balaban J connectivity index is 1.83. The number of hydrogen-bond acceptors (Lipinski definition) is 2. The lowest BCUT2D eigenvalue weighted by atomic mass is 9.92. The molecule has 0 bridgehead atoms. The molecule has 1 aliphatic rings. The minimum atomic E-state index is -0.125. The van der Waals surface area contributed by atoms with Crippen LogP contribution < -0.4 is 10.1 Å². The predicted molar refractivity (Wildman–Crippen MR) is 112 cm³/mol. The van der Waals surface area contributed by atoms with Gasteiger partial charge in [0.1, 0.15) is 5.75 Å². The molecule has 0 fully saturated rings. The van der Waals surface area contributed by atoms with Gasteiger partial charge in [0.2, 0.25) is 0 Å². The first-order valence-electron chi connectivity index (χ1n) is 9.92. The average Bonchev–Trinajstić information content (AvgIpc) is 3.09. The van der Waals surface area contributed by atoms with Gasteiger partial charge in [0.15, 0.2) is 0 Å². The molecule has 5 nitrogen and oxygen atoms in total. The smallest absolute Gasteiger partial charge is 0.318 e. The quantitative estimate of drug-likeness (QED) is 0.701. The van der Waals surface area contributed by atoms with E-state index in [1.165, 1.54) is 16.5 Å². The zero-order valence-electron chi connectivity index (χ0n) is 16.7. The number of nitrogens with zero attached hydrogens (tertiary/aromatic N) is 1. The maximum Gasteiger partial charge on any atom is 0.318 e. The second kappa shape index (κ2) is 7.58. The van der Waals surface area contributed by atoms with E-state index in [9.17, 15) is 4.79 Å². The molecule has 1 aliphatic heterocycles. The number of nitrogens with one attached hydrogen (secondary N) is 2. The molecule has 1 unspecified atom stereocenters. The predicted octanol–water partition coefficient (Wildman–Crippen LogP) is 4.55. The van der Waals surface area contributed by atoms with E-state index in [2.05, 4.69) is 60.5 Å². The van der Waals surface area contributed by atoms with E-state index in [4.69, 9.17) is 4.74 Å². The summed E-state index contributed by atoms with van der Waals surface area (Å²) in [6.07, 6.45) is 1.75. The minimum absolute atomic E-state index is 0.00527. The van der Waals surface area contributed by atoms with Crippen molar-refractivity contribution < 1.29 is 9.53 Å².